The Balaban J connectivity index is 2.81. The maximum absolute atomic E-state index is 5.84. The van der Waals surface area contributed by atoms with Gasteiger partial charge in [-0.1, -0.05) is 27.5 Å². The zero-order valence-corrected chi connectivity index (χ0v) is 8.93. The summed E-state index contributed by atoms with van der Waals surface area (Å²) in [4.78, 5) is 4.14. The van der Waals surface area contributed by atoms with Gasteiger partial charge in [0.2, 0.25) is 0 Å². The van der Waals surface area contributed by atoms with Crippen molar-refractivity contribution in [3.63, 3.8) is 0 Å². The maximum atomic E-state index is 5.84. The molecule has 0 aliphatic carbocycles. The number of halogens is 2. The predicted molar refractivity (Wildman–Crippen MR) is 58.9 cm³/mol. The largest absolute Gasteiger partial charge is 0.382 e. The third-order valence-corrected chi connectivity index (χ3v) is 2.55. The van der Waals surface area contributed by atoms with Crippen molar-refractivity contribution in [1.82, 2.24) is 4.98 Å². The SMILES string of the molecule is Nc1nc2ccc(Br)cc2cc1Cl. The van der Waals surface area contributed by atoms with Gasteiger partial charge in [-0.05, 0) is 24.3 Å². The summed E-state index contributed by atoms with van der Waals surface area (Å²) in [5.41, 5.74) is 6.42. The van der Waals surface area contributed by atoms with Crippen LogP contribution >= 0.6 is 27.5 Å². The number of nitrogens with zero attached hydrogens (tertiary/aromatic N) is 1. The molecule has 2 N–H and O–H groups in total. The van der Waals surface area contributed by atoms with Crippen molar-refractivity contribution in [3.8, 4) is 0 Å². The standard InChI is InChI=1S/C9H6BrClN2/c10-6-1-2-8-5(3-6)4-7(11)9(12)13-8/h1-4H,(H2,12,13). The van der Waals surface area contributed by atoms with Crippen molar-refractivity contribution in [3.05, 3.63) is 33.8 Å². The normalized spacial score (nSPS) is 10.6. The van der Waals surface area contributed by atoms with Gasteiger partial charge in [0.1, 0.15) is 5.82 Å². The molecule has 13 heavy (non-hydrogen) atoms. The molecule has 1 heterocycles. The first-order valence-corrected chi connectivity index (χ1v) is 4.85. The number of nitrogen functional groups attached to an aromatic ring is 1. The van der Waals surface area contributed by atoms with Gasteiger partial charge in [0, 0.05) is 9.86 Å². The van der Waals surface area contributed by atoms with E-state index in [-0.39, 0.29) is 0 Å². The van der Waals surface area contributed by atoms with Crippen molar-refractivity contribution in [1.29, 1.82) is 0 Å². The third-order valence-electron chi connectivity index (χ3n) is 1.76. The van der Waals surface area contributed by atoms with E-state index in [4.69, 9.17) is 17.3 Å². The lowest BCUT2D eigenvalue weighted by Crippen LogP contribution is -1.91. The van der Waals surface area contributed by atoms with Crippen LogP contribution in [0.5, 0.6) is 0 Å². The summed E-state index contributed by atoms with van der Waals surface area (Å²) in [6, 6.07) is 7.58. The van der Waals surface area contributed by atoms with Gasteiger partial charge in [-0.2, -0.15) is 0 Å². The fraction of sp³-hybridized carbons (Fsp3) is 0. The van der Waals surface area contributed by atoms with E-state index >= 15 is 0 Å². The van der Waals surface area contributed by atoms with Gasteiger partial charge in [-0.25, -0.2) is 4.98 Å². The Morgan fingerprint density at radius 2 is 2.08 bits per heavy atom. The lowest BCUT2D eigenvalue weighted by atomic mass is 10.2. The van der Waals surface area contributed by atoms with Crippen LogP contribution in [0.25, 0.3) is 10.9 Å². The van der Waals surface area contributed by atoms with Gasteiger partial charge in [0.15, 0.2) is 0 Å². The van der Waals surface area contributed by atoms with Crippen molar-refractivity contribution < 1.29 is 0 Å². The molecule has 0 spiro atoms. The molecule has 0 saturated heterocycles. The molecule has 0 amide bonds. The highest BCUT2D eigenvalue weighted by Gasteiger charge is 2.01. The average Bonchev–Trinajstić information content (AvgIpc) is 2.08. The zero-order valence-electron chi connectivity index (χ0n) is 6.59. The van der Waals surface area contributed by atoms with Crippen LogP contribution < -0.4 is 5.73 Å². The molecule has 2 rings (SSSR count). The molecule has 0 bridgehead atoms. The molecular weight excluding hydrogens is 251 g/mol. The van der Waals surface area contributed by atoms with Gasteiger partial charge in [-0.15, -0.1) is 0 Å². The molecule has 0 aliphatic rings. The second kappa shape index (κ2) is 3.16. The molecule has 4 heteroatoms. The Morgan fingerprint density at radius 3 is 2.85 bits per heavy atom. The van der Waals surface area contributed by atoms with E-state index in [2.05, 4.69) is 20.9 Å². The minimum absolute atomic E-state index is 0.372. The Kier molecular flexibility index (Phi) is 2.14. The van der Waals surface area contributed by atoms with E-state index in [0.717, 1.165) is 15.4 Å². The van der Waals surface area contributed by atoms with E-state index in [9.17, 15) is 0 Å². The molecule has 0 aliphatic heterocycles. The van der Waals surface area contributed by atoms with Crippen molar-refractivity contribution >= 4 is 44.3 Å². The molecule has 2 aromatic rings. The Hall–Kier alpha value is -0.800. The van der Waals surface area contributed by atoms with Crippen molar-refractivity contribution in [2.24, 2.45) is 0 Å². The van der Waals surface area contributed by atoms with Crippen LogP contribution in [-0.2, 0) is 0 Å². The van der Waals surface area contributed by atoms with Gasteiger partial charge in [0.25, 0.3) is 0 Å². The number of anilines is 1. The number of hydrogen-bond acceptors (Lipinski definition) is 2. The quantitative estimate of drug-likeness (QED) is 0.787. The van der Waals surface area contributed by atoms with Crippen molar-refractivity contribution in [2.75, 3.05) is 5.73 Å². The Morgan fingerprint density at radius 1 is 1.31 bits per heavy atom. The summed E-state index contributed by atoms with van der Waals surface area (Å²) >= 11 is 9.21. The molecular formula is C9H6BrClN2. The zero-order chi connectivity index (χ0) is 9.42. The van der Waals surface area contributed by atoms with Crippen LogP contribution in [0.3, 0.4) is 0 Å². The van der Waals surface area contributed by atoms with Gasteiger partial charge < -0.3 is 5.73 Å². The first-order chi connectivity index (χ1) is 6.16. The van der Waals surface area contributed by atoms with Crippen LogP contribution in [-0.4, -0.2) is 4.98 Å². The molecule has 66 valence electrons. The Labute approximate surface area is 88.8 Å². The van der Waals surface area contributed by atoms with E-state index in [0.29, 0.717) is 10.8 Å². The highest BCUT2D eigenvalue weighted by Crippen LogP contribution is 2.24. The molecule has 0 unspecified atom stereocenters. The number of hydrogen-bond donors (Lipinski definition) is 1. The van der Waals surface area contributed by atoms with Gasteiger partial charge >= 0.3 is 0 Å². The summed E-state index contributed by atoms with van der Waals surface area (Å²) < 4.78 is 1.00. The van der Waals surface area contributed by atoms with Crippen LogP contribution in [0.2, 0.25) is 5.02 Å². The topological polar surface area (TPSA) is 38.9 Å². The van der Waals surface area contributed by atoms with Crippen LogP contribution in [0, 0.1) is 0 Å². The molecule has 1 aromatic heterocycles. The minimum atomic E-state index is 0.372. The smallest absolute Gasteiger partial charge is 0.142 e. The fourth-order valence-electron chi connectivity index (χ4n) is 1.14. The lowest BCUT2D eigenvalue weighted by molar-refractivity contribution is 1.41. The number of fused-ring (bicyclic) bond motifs is 1. The lowest BCUT2D eigenvalue weighted by Gasteiger charge is -2.01. The minimum Gasteiger partial charge on any atom is -0.382 e. The van der Waals surface area contributed by atoms with E-state index in [1.807, 2.05) is 24.3 Å². The number of rotatable bonds is 0. The third kappa shape index (κ3) is 1.62. The fourth-order valence-corrected chi connectivity index (χ4v) is 1.68. The second-order valence-electron chi connectivity index (χ2n) is 2.69. The maximum Gasteiger partial charge on any atom is 0.142 e. The first-order valence-electron chi connectivity index (χ1n) is 3.68. The number of nitrogens with two attached hydrogens (primary N) is 1. The summed E-state index contributed by atoms with van der Waals surface area (Å²) in [6.45, 7) is 0. The van der Waals surface area contributed by atoms with Crippen LogP contribution in [0.4, 0.5) is 5.82 Å². The molecule has 1 aromatic carbocycles. The monoisotopic (exact) mass is 256 g/mol. The second-order valence-corrected chi connectivity index (χ2v) is 4.02. The molecule has 0 fully saturated rings. The van der Waals surface area contributed by atoms with Gasteiger partial charge in [0.05, 0.1) is 10.5 Å². The first kappa shape index (κ1) is 8.78. The summed E-state index contributed by atoms with van der Waals surface area (Å²) in [7, 11) is 0. The molecule has 0 radical (unpaired) electrons. The molecule has 0 atom stereocenters. The van der Waals surface area contributed by atoms with E-state index < -0.39 is 0 Å². The van der Waals surface area contributed by atoms with Crippen LogP contribution in [0.1, 0.15) is 0 Å². The van der Waals surface area contributed by atoms with Crippen molar-refractivity contribution in [2.45, 2.75) is 0 Å². The molecule has 2 nitrogen and oxygen atoms in total. The summed E-state index contributed by atoms with van der Waals surface area (Å²) in [6.07, 6.45) is 0. The molecule has 0 saturated carbocycles. The summed E-state index contributed by atoms with van der Waals surface area (Å²) in [5.74, 6) is 0.372. The Bertz CT molecular complexity index is 470. The summed E-state index contributed by atoms with van der Waals surface area (Å²) in [5, 5.41) is 1.47. The van der Waals surface area contributed by atoms with Crippen LogP contribution in [0.15, 0.2) is 28.7 Å². The predicted octanol–water partition coefficient (Wildman–Crippen LogP) is 3.23. The number of benzene rings is 1. The van der Waals surface area contributed by atoms with Gasteiger partial charge in [-0.3, -0.25) is 0 Å². The average molecular weight is 258 g/mol. The highest BCUT2D eigenvalue weighted by molar-refractivity contribution is 9.10. The van der Waals surface area contributed by atoms with E-state index in [1.165, 1.54) is 0 Å². The number of aromatic nitrogens is 1. The highest BCUT2D eigenvalue weighted by atomic mass is 79.9. The van der Waals surface area contributed by atoms with E-state index in [1.54, 1.807) is 0 Å². The number of pyridine rings is 1.